The number of quaternary nitrogens is 1. The zero-order chi connectivity index (χ0) is 16.7. The lowest BCUT2D eigenvalue weighted by atomic mass is 10.1. The highest BCUT2D eigenvalue weighted by atomic mass is 16.6. The van der Waals surface area contributed by atoms with Crippen molar-refractivity contribution in [2.45, 2.75) is 32.1 Å². The highest BCUT2D eigenvalue weighted by Crippen LogP contribution is 2.28. The summed E-state index contributed by atoms with van der Waals surface area (Å²) < 4.78 is 5.14. The Morgan fingerprint density at radius 2 is 1.91 bits per heavy atom. The first kappa shape index (κ1) is 17.2. The number of nitrogens with one attached hydrogen (secondary N) is 2. The fourth-order valence-electron chi connectivity index (χ4n) is 2.90. The van der Waals surface area contributed by atoms with Crippen LogP contribution >= 0.6 is 0 Å². The first-order chi connectivity index (χ1) is 11.1. The van der Waals surface area contributed by atoms with Crippen LogP contribution in [0.2, 0.25) is 0 Å². The molecular formula is C16H24N3O4+. The molecule has 1 aliphatic rings. The average molecular weight is 322 g/mol. The minimum Gasteiger partial charge on any atom is -0.494 e. The number of nitro benzene ring substituents is 1. The molecule has 0 aliphatic carbocycles. The van der Waals surface area contributed by atoms with E-state index < -0.39 is 4.92 Å². The maximum atomic E-state index is 12.2. The molecule has 0 aromatic heterocycles. The molecule has 1 aliphatic heterocycles. The maximum absolute atomic E-state index is 12.2. The molecule has 0 radical (unpaired) electrons. The summed E-state index contributed by atoms with van der Waals surface area (Å²) in [6.45, 7) is 2.45. The minimum atomic E-state index is -0.488. The second kappa shape index (κ2) is 8.47. The van der Waals surface area contributed by atoms with Crippen molar-refractivity contribution in [3.63, 3.8) is 0 Å². The van der Waals surface area contributed by atoms with Crippen LogP contribution in [0.25, 0.3) is 0 Å². The molecule has 0 bridgehead atoms. The van der Waals surface area contributed by atoms with Gasteiger partial charge in [0.15, 0.2) is 6.54 Å². The molecule has 1 saturated heterocycles. The van der Waals surface area contributed by atoms with Crippen LogP contribution in [0.15, 0.2) is 18.2 Å². The quantitative estimate of drug-likeness (QED) is 0.633. The van der Waals surface area contributed by atoms with E-state index in [1.165, 1.54) is 49.5 Å². The van der Waals surface area contributed by atoms with Gasteiger partial charge in [-0.3, -0.25) is 14.9 Å². The summed E-state index contributed by atoms with van der Waals surface area (Å²) in [6, 6.07) is 4.19. The number of carbonyl (C=O) groups excluding carboxylic acids is 1. The second-order valence-corrected chi connectivity index (χ2v) is 5.88. The molecule has 0 unspecified atom stereocenters. The number of methoxy groups -OCH3 is 1. The summed E-state index contributed by atoms with van der Waals surface area (Å²) in [5, 5.41) is 13.6. The van der Waals surface area contributed by atoms with Gasteiger partial charge in [0.2, 0.25) is 0 Å². The number of carbonyl (C=O) groups is 1. The fourth-order valence-corrected chi connectivity index (χ4v) is 2.90. The van der Waals surface area contributed by atoms with Gasteiger partial charge in [-0.05, 0) is 31.7 Å². The third-order valence-corrected chi connectivity index (χ3v) is 4.14. The number of anilines is 1. The Kier molecular flexibility index (Phi) is 6.34. The Morgan fingerprint density at radius 3 is 2.52 bits per heavy atom. The van der Waals surface area contributed by atoms with Crippen LogP contribution < -0.4 is 15.0 Å². The van der Waals surface area contributed by atoms with Gasteiger partial charge in [0.05, 0.1) is 36.9 Å². The Labute approximate surface area is 135 Å². The second-order valence-electron chi connectivity index (χ2n) is 5.88. The lowest BCUT2D eigenvalue weighted by molar-refractivity contribution is -0.892. The van der Waals surface area contributed by atoms with E-state index >= 15 is 0 Å². The molecule has 2 N–H and O–H groups in total. The topological polar surface area (TPSA) is 85.9 Å². The van der Waals surface area contributed by atoms with Crippen molar-refractivity contribution in [2.75, 3.05) is 32.1 Å². The number of hydrogen-bond donors (Lipinski definition) is 2. The number of ether oxygens (including phenoxy) is 1. The van der Waals surface area contributed by atoms with Gasteiger partial charge in [0.1, 0.15) is 5.75 Å². The minimum absolute atomic E-state index is 0.0609. The van der Waals surface area contributed by atoms with Gasteiger partial charge < -0.3 is 15.0 Å². The van der Waals surface area contributed by atoms with Gasteiger partial charge in [0, 0.05) is 6.07 Å². The van der Waals surface area contributed by atoms with Crippen LogP contribution in [0.5, 0.6) is 5.75 Å². The van der Waals surface area contributed by atoms with Crippen molar-refractivity contribution in [1.82, 2.24) is 0 Å². The highest BCUT2D eigenvalue weighted by Gasteiger charge is 2.18. The lowest BCUT2D eigenvalue weighted by Gasteiger charge is -2.21. The normalized spacial score (nSPS) is 16.2. The van der Waals surface area contributed by atoms with E-state index in [4.69, 9.17) is 4.74 Å². The van der Waals surface area contributed by atoms with Crippen molar-refractivity contribution >= 4 is 17.3 Å². The molecule has 2 rings (SSSR count). The van der Waals surface area contributed by atoms with Gasteiger partial charge in [0.25, 0.3) is 11.6 Å². The summed E-state index contributed by atoms with van der Waals surface area (Å²) in [4.78, 5) is 23.8. The molecule has 23 heavy (non-hydrogen) atoms. The summed E-state index contributed by atoms with van der Waals surface area (Å²) >= 11 is 0. The van der Waals surface area contributed by atoms with E-state index in [0.29, 0.717) is 18.0 Å². The van der Waals surface area contributed by atoms with E-state index in [2.05, 4.69) is 5.32 Å². The van der Waals surface area contributed by atoms with Gasteiger partial charge in [-0.25, -0.2) is 0 Å². The molecule has 126 valence electrons. The number of amides is 1. The summed E-state index contributed by atoms with van der Waals surface area (Å²) in [5.41, 5.74) is 0.406. The van der Waals surface area contributed by atoms with Gasteiger partial charge >= 0.3 is 0 Å². The molecule has 0 spiro atoms. The van der Waals surface area contributed by atoms with E-state index in [1.54, 1.807) is 0 Å². The van der Waals surface area contributed by atoms with Crippen LogP contribution in [-0.2, 0) is 4.79 Å². The van der Waals surface area contributed by atoms with Crippen molar-refractivity contribution in [3.05, 3.63) is 28.3 Å². The lowest BCUT2D eigenvalue weighted by Crippen LogP contribution is -3.13. The first-order valence-corrected chi connectivity index (χ1v) is 8.06. The van der Waals surface area contributed by atoms with Crippen LogP contribution in [0.3, 0.4) is 0 Å². The molecule has 1 heterocycles. The van der Waals surface area contributed by atoms with Crippen LogP contribution in [0.1, 0.15) is 32.1 Å². The summed E-state index contributed by atoms with van der Waals surface area (Å²) in [5.74, 6) is 0.211. The SMILES string of the molecule is COc1cc([N+](=O)[O-])ccc1NC(=O)C[NH+]1CCCCCCC1. The van der Waals surface area contributed by atoms with Gasteiger partial charge in [-0.15, -0.1) is 0 Å². The molecule has 1 aromatic carbocycles. The zero-order valence-electron chi connectivity index (χ0n) is 13.5. The van der Waals surface area contributed by atoms with Crippen LogP contribution in [-0.4, -0.2) is 37.6 Å². The zero-order valence-corrected chi connectivity index (χ0v) is 13.5. The number of nitro groups is 1. The predicted octanol–water partition coefficient (Wildman–Crippen LogP) is 1.39. The van der Waals surface area contributed by atoms with Crippen LogP contribution in [0.4, 0.5) is 11.4 Å². The molecule has 7 nitrogen and oxygen atoms in total. The number of non-ortho nitro benzene ring substituents is 1. The monoisotopic (exact) mass is 322 g/mol. The molecule has 0 atom stereocenters. The average Bonchev–Trinajstić information content (AvgIpc) is 2.50. The molecule has 0 saturated carbocycles. The molecule has 1 aromatic rings. The van der Waals surface area contributed by atoms with Gasteiger partial charge in [-0.2, -0.15) is 0 Å². The summed E-state index contributed by atoms with van der Waals surface area (Å²) in [7, 11) is 1.43. The number of hydrogen-bond acceptors (Lipinski definition) is 4. The van der Waals surface area contributed by atoms with E-state index in [0.717, 1.165) is 25.9 Å². The van der Waals surface area contributed by atoms with Gasteiger partial charge in [-0.1, -0.05) is 6.42 Å². The van der Waals surface area contributed by atoms with E-state index in [1.807, 2.05) is 0 Å². The molecular weight excluding hydrogens is 298 g/mol. The Bertz CT molecular complexity index is 554. The molecule has 7 heteroatoms. The first-order valence-electron chi connectivity index (χ1n) is 8.06. The number of likely N-dealkylation sites (tertiary alicyclic amines) is 1. The molecule has 1 amide bonds. The fraction of sp³-hybridized carbons (Fsp3) is 0.562. The Morgan fingerprint density at radius 1 is 1.26 bits per heavy atom. The van der Waals surface area contributed by atoms with Crippen molar-refractivity contribution in [1.29, 1.82) is 0 Å². The van der Waals surface area contributed by atoms with Crippen molar-refractivity contribution in [2.24, 2.45) is 0 Å². The Hall–Kier alpha value is -2.15. The van der Waals surface area contributed by atoms with Crippen LogP contribution in [0, 0.1) is 10.1 Å². The number of rotatable bonds is 5. The van der Waals surface area contributed by atoms with Crippen molar-refractivity contribution in [3.8, 4) is 5.75 Å². The van der Waals surface area contributed by atoms with E-state index in [9.17, 15) is 14.9 Å². The predicted molar refractivity (Wildman–Crippen MR) is 86.9 cm³/mol. The smallest absolute Gasteiger partial charge is 0.279 e. The number of nitrogens with zero attached hydrogens (tertiary/aromatic N) is 1. The maximum Gasteiger partial charge on any atom is 0.279 e. The third kappa shape index (κ3) is 5.21. The standard InChI is InChI=1S/C16H23N3O4/c1-23-15-11-13(19(21)22)7-8-14(15)17-16(20)12-18-9-5-3-2-4-6-10-18/h7-8,11H,2-6,9-10,12H2,1H3,(H,17,20)/p+1. The third-order valence-electron chi connectivity index (χ3n) is 4.14. The Balaban J connectivity index is 1.97. The van der Waals surface area contributed by atoms with E-state index in [-0.39, 0.29) is 11.6 Å². The molecule has 1 fully saturated rings. The highest BCUT2D eigenvalue weighted by molar-refractivity contribution is 5.93. The largest absolute Gasteiger partial charge is 0.494 e. The number of benzene rings is 1. The van der Waals surface area contributed by atoms with Crippen molar-refractivity contribution < 1.29 is 19.4 Å². The summed E-state index contributed by atoms with van der Waals surface area (Å²) in [6.07, 6.45) is 6.08.